The molecule has 1 fully saturated rings. The third-order valence-electron chi connectivity index (χ3n) is 7.58. The number of pyridine rings is 1. The van der Waals surface area contributed by atoms with Crippen LogP contribution in [0, 0.1) is 17.2 Å². The van der Waals surface area contributed by atoms with Gasteiger partial charge in [-0.1, -0.05) is 0 Å². The quantitative estimate of drug-likeness (QED) is 0.245. The summed E-state index contributed by atoms with van der Waals surface area (Å²) in [5, 5.41) is 22.4. The van der Waals surface area contributed by atoms with Crippen molar-refractivity contribution in [1.82, 2.24) is 9.88 Å². The van der Waals surface area contributed by atoms with Crippen LogP contribution in [0.15, 0.2) is 47.3 Å². The molecule has 2 heterocycles. The van der Waals surface area contributed by atoms with Crippen LogP contribution in [0.25, 0.3) is 10.9 Å². The Balaban J connectivity index is 1.66. The molecule has 4 rings (SSSR count). The number of carbonyl (C=O) groups excluding carboxylic acids is 4. The topological polar surface area (TPSA) is 218 Å². The Labute approximate surface area is 307 Å². The number of anilines is 2. The molecular weight excluding hydrogens is 716 g/mol. The van der Waals surface area contributed by atoms with E-state index in [0.29, 0.717) is 10.3 Å². The van der Waals surface area contributed by atoms with Crippen molar-refractivity contribution in [2.75, 3.05) is 23.4 Å². The van der Waals surface area contributed by atoms with Gasteiger partial charge < -0.3 is 39.3 Å². The van der Waals surface area contributed by atoms with Gasteiger partial charge >= 0.3 is 24.8 Å². The second-order valence-electron chi connectivity index (χ2n) is 14.1. The molecule has 1 aliphatic heterocycles. The van der Waals surface area contributed by atoms with Gasteiger partial charge in [0, 0.05) is 29.8 Å². The van der Waals surface area contributed by atoms with Gasteiger partial charge in [0.1, 0.15) is 17.3 Å². The van der Waals surface area contributed by atoms with Gasteiger partial charge in [0.2, 0.25) is 11.5 Å². The smallest absolute Gasteiger partial charge is 0.420 e. The molecule has 0 unspecified atom stereocenters. The fraction of sp³-hybridized carbons (Fsp3) is 0.417. The van der Waals surface area contributed by atoms with E-state index in [1.165, 1.54) is 36.4 Å². The number of benzene rings is 2. The summed E-state index contributed by atoms with van der Waals surface area (Å²) in [4.78, 5) is 81.9. The fourth-order valence-corrected chi connectivity index (χ4v) is 5.39. The summed E-state index contributed by atoms with van der Waals surface area (Å²) < 4.78 is 48.0. The second kappa shape index (κ2) is 16.3. The predicted molar refractivity (Wildman–Crippen MR) is 187 cm³/mol. The van der Waals surface area contributed by atoms with E-state index >= 15 is 0 Å². The molecule has 288 valence electrons. The van der Waals surface area contributed by atoms with E-state index in [4.69, 9.17) is 14.2 Å². The number of carbonyl (C=O) groups is 5. The van der Waals surface area contributed by atoms with Crippen molar-refractivity contribution < 1.29 is 56.8 Å². The van der Waals surface area contributed by atoms with Crippen LogP contribution in [0.3, 0.4) is 0 Å². The molecule has 3 aromatic rings. The maximum absolute atomic E-state index is 13.9. The number of fused-ring (bicyclic) bond motifs is 1. The number of alkyl halides is 2. The standard InChI is InChI=1S/C36H39F2N5O11/c1-35(2,3)53-33(49)43(34(50)54-36(4,5)6)18-21-13-22(9-7-20(21)17-39)40-30(47)23(15-28(45)46)29-31(48)42(11-12-51-29)25-14-19-8-10-27(44)41-24(19)16-26(25)52-32(37)38/h7-10,13-14,16,23,29,32H,11-12,15,18H2,1-6H3,(H,40,47)(H,41,44)(H,45,46)/t23-,29-/m1/s1. The van der Waals surface area contributed by atoms with Crippen LogP contribution in [0.4, 0.5) is 29.7 Å². The minimum atomic E-state index is -3.31. The lowest BCUT2D eigenvalue weighted by atomic mass is 9.94. The Kier molecular flexibility index (Phi) is 12.3. The van der Waals surface area contributed by atoms with Crippen molar-refractivity contribution in [2.24, 2.45) is 5.92 Å². The van der Waals surface area contributed by atoms with Crippen molar-refractivity contribution >= 4 is 52.2 Å². The van der Waals surface area contributed by atoms with Crippen LogP contribution >= 0.6 is 0 Å². The van der Waals surface area contributed by atoms with Gasteiger partial charge in [-0.05, 0) is 77.4 Å². The first-order chi connectivity index (χ1) is 25.1. The average Bonchev–Trinajstić information content (AvgIpc) is 3.04. The lowest BCUT2D eigenvalue weighted by molar-refractivity contribution is -0.149. The summed E-state index contributed by atoms with van der Waals surface area (Å²) in [5.74, 6) is -5.54. The number of carboxylic acid groups (broad SMARTS) is 1. The number of rotatable bonds is 10. The van der Waals surface area contributed by atoms with Gasteiger partial charge in [-0.25, -0.2) is 14.5 Å². The summed E-state index contributed by atoms with van der Waals surface area (Å²) >= 11 is 0. The van der Waals surface area contributed by atoms with Gasteiger partial charge in [0.25, 0.3) is 5.91 Å². The molecule has 0 saturated carbocycles. The van der Waals surface area contributed by atoms with Gasteiger partial charge in [-0.2, -0.15) is 14.0 Å². The van der Waals surface area contributed by atoms with Crippen molar-refractivity contribution in [2.45, 2.75) is 78.4 Å². The Morgan fingerprint density at radius 2 is 1.69 bits per heavy atom. The largest absolute Gasteiger partial charge is 0.481 e. The molecule has 3 N–H and O–H groups in total. The van der Waals surface area contributed by atoms with Crippen molar-refractivity contribution in [1.29, 1.82) is 5.26 Å². The number of hydrogen-bond donors (Lipinski definition) is 3. The zero-order valence-corrected chi connectivity index (χ0v) is 30.2. The predicted octanol–water partition coefficient (Wildman–Crippen LogP) is 5.13. The first kappa shape index (κ1) is 40.7. The highest BCUT2D eigenvalue weighted by Gasteiger charge is 2.42. The maximum atomic E-state index is 13.9. The number of aliphatic carboxylic acids is 1. The third-order valence-corrected chi connectivity index (χ3v) is 7.58. The third kappa shape index (κ3) is 10.5. The SMILES string of the molecule is CC(C)(C)OC(=O)N(Cc1cc(NC(=O)[C@H](CC(=O)O)[C@H]2OCCN(c3cc4ccc(=O)[nH]c4cc3OC(F)F)C2=O)ccc1C#N)C(=O)OC(C)(C)C. The Bertz CT molecular complexity index is 2020. The van der Waals surface area contributed by atoms with E-state index in [0.717, 1.165) is 11.0 Å². The molecule has 4 amide bonds. The number of imide groups is 1. The molecule has 1 saturated heterocycles. The molecule has 0 radical (unpaired) electrons. The minimum Gasteiger partial charge on any atom is -0.481 e. The minimum absolute atomic E-state index is 0.00558. The molecule has 0 bridgehead atoms. The Morgan fingerprint density at radius 1 is 1.04 bits per heavy atom. The zero-order chi connectivity index (χ0) is 40.1. The maximum Gasteiger partial charge on any atom is 0.420 e. The number of H-pyrrole nitrogens is 1. The number of amides is 4. The van der Waals surface area contributed by atoms with Crippen LogP contribution in [0.5, 0.6) is 5.75 Å². The molecule has 54 heavy (non-hydrogen) atoms. The number of ether oxygens (including phenoxy) is 4. The number of aromatic nitrogens is 1. The summed E-state index contributed by atoms with van der Waals surface area (Å²) in [6, 6.07) is 10.9. The summed E-state index contributed by atoms with van der Waals surface area (Å²) in [7, 11) is 0. The fourth-order valence-electron chi connectivity index (χ4n) is 5.39. The van der Waals surface area contributed by atoms with Gasteiger partial charge in [-0.15, -0.1) is 0 Å². The molecule has 2 aromatic carbocycles. The van der Waals surface area contributed by atoms with E-state index < -0.39 is 84.1 Å². The monoisotopic (exact) mass is 755 g/mol. The summed E-state index contributed by atoms with van der Waals surface area (Å²) in [6.45, 7) is 5.26. The molecular formula is C36H39F2N5O11. The Morgan fingerprint density at radius 3 is 2.26 bits per heavy atom. The lowest BCUT2D eigenvalue weighted by Gasteiger charge is -2.36. The number of nitriles is 1. The summed E-state index contributed by atoms with van der Waals surface area (Å²) in [6.07, 6.45) is -4.76. The molecule has 0 spiro atoms. The van der Waals surface area contributed by atoms with E-state index in [9.17, 15) is 47.9 Å². The van der Waals surface area contributed by atoms with Crippen molar-refractivity contribution in [3.05, 3.63) is 63.9 Å². The van der Waals surface area contributed by atoms with Gasteiger partial charge in [0.05, 0.1) is 48.3 Å². The number of nitrogens with one attached hydrogen (secondary N) is 2. The molecule has 1 aromatic heterocycles. The normalized spacial score (nSPS) is 15.3. The Hall–Kier alpha value is -6.09. The number of halogens is 2. The average molecular weight is 756 g/mol. The number of hydrogen-bond acceptors (Lipinski definition) is 11. The number of morpholine rings is 1. The van der Waals surface area contributed by atoms with E-state index in [1.54, 1.807) is 41.5 Å². The van der Waals surface area contributed by atoms with Gasteiger partial charge in [-0.3, -0.25) is 19.2 Å². The highest BCUT2D eigenvalue weighted by atomic mass is 19.3. The number of aromatic amines is 1. The van der Waals surface area contributed by atoms with Crippen LogP contribution in [0.2, 0.25) is 0 Å². The highest BCUT2D eigenvalue weighted by molar-refractivity contribution is 6.05. The van der Waals surface area contributed by atoms with E-state index in [1.807, 2.05) is 6.07 Å². The summed E-state index contributed by atoms with van der Waals surface area (Å²) in [5.41, 5.74) is -2.45. The second-order valence-corrected chi connectivity index (χ2v) is 14.1. The molecule has 16 nitrogen and oxygen atoms in total. The lowest BCUT2D eigenvalue weighted by Crippen LogP contribution is -2.53. The van der Waals surface area contributed by atoms with Crippen molar-refractivity contribution in [3.8, 4) is 11.8 Å². The first-order valence-electron chi connectivity index (χ1n) is 16.5. The number of nitrogens with zero attached hydrogens (tertiary/aromatic N) is 3. The highest BCUT2D eigenvalue weighted by Crippen LogP contribution is 2.36. The molecule has 2 atom stereocenters. The number of carboxylic acids is 1. The molecule has 18 heteroatoms. The van der Waals surface area contributed by atoms with Crippen LogP contribution < -0.4 is 20.5 Å². The zero-order valence-electron chi connectivity index (χ0n) is 30.2. The first-order valence-corrected chi connectivity index (χ1v) is 16.5. The van der Waals surface area contributed by atoms with E-state index in [-0.39, 0.29) is 41.2 Å². The van der Waals surface area contributed by atoms with Gasteiger partial charge in [0.15, 0.2) is 5.75 Å². The molecule has 1 aliphatic rings. The molecule has 0 aliphatic carbocycles. The van der Waals surface area contributed by atoms with Crippen LogP contribution in [-0.4, -0.2) is 82.0 Å². The van der Waals surface area contributed by atoms with Crippen LogP contribution in [-0.2, 0) is 35.1 Å². The van der Waals surface area contributed by atoms with Crippen LogP contribution in [0.1, 0.15) is 59.1 Å². The van der Waals surface area contributed by atoms with Crippen molar-refractivity contribution in [3.63, 3.8) is 0 Å². The van der Waals surface area contributed by atoms with E-state index in [2.05, 4.69) is 15.0 Å².